The van der Waals surface area contributed by atoms with Gasteiger partial charge in [0.25, 0.3) is 5.91 Å². The van der Waals surface area contributed by atoms with Crippen molar-refractivity contribution < 1.29 is 14.3 Å². The lowest BCUT2D eigenvalue weighted by atomic mass is 10.0. The number of benzene rings is 1. The third kappa shape index (κ3) is 3.50. The average Bonchev–Trinajstić information content (AvgIpc) is 2.44. The van der Waals surface area contributed by atoms with E-state index in [1.807, 2.05) is 19.1 Å². The molecule has 1 aliphatic rings. The maximum absolute atomic E-state index is 11.7. The second-order valence-corrected chi connectivity index (χ2v) is 4.92. The highest BCUT2D eigenvalue weighted by atomic mass is 16.5. The second kappa shape index (κ2) is 6.41. The van der Waals surface area contributed by atoms with E-state index in [4.69, 9.17) is 4.74 Å². The minimum Gasteiger partial charge on any atom is -0.481 e. The quantitative estimate of drug-likeness (QED) is 0.862. The van der Waals surface area contributed by atoms with Gasteiger partial charge in [0, 0.05) is 24.7 Å². The molecule has 0 bridgehead atoms. The zero-order valence-corrected chi connectivity index (χ0v) is 11.9. The number of nitrogens with one attached hydrogen (secondary N) is 2. The Morgan fingerprint density at radius 1 is 1.45 bits per heavy atom. The molecule has 0 saturated heterocycles. The number of amides is 2. The predicted octanol–water partition coefficient (Wildman–Crippen LogP) is 1.86. The summed E-state index contributed by atoms with van der Waals surface area (Å²) in [5.41, 5.74) is 1.87. The minimum absolute atomic E-state index is 0.0170. The first kappa shape index (κ1) is 14.4. The predicted molar refractivity (Wildman–Crippen MR) is 76.8 cm³/mol. The molecule has 5 heteroatoms. The molecular weight excluding hydrogens is 256 g/mol. The van der Waals surface area contributed by atoms with Crippen molar-refractivity contribution in [2.75, 3.05) is 11.9 Å². The van der Waals surface area contributed by atoms with Crippen molar-refractivity contribution >= 4 is 17.5 Å². The first-order valence-electron chi connectivity index (χ1n) is 6.97. The van der Waals surface area contributed by atoms with Gasteiger partial charge in [-0.15, -0.1) is 0 Å². The van der Waals surface area contributed by atoms with Gasteiger partial charge in [-0.05, 0) is 31.4 Å². The molecule has 0 aliphatic carbocycles. The number of carbonyl (C=O) groups excluding carboxylic acids is 2. The molecule has 1 atom stereocenters. The Morgan fingerprint density at radius 3 is 3.00 bits per heavy atom. The Bertz CT molecular complexity index is 514. The van der Waals surface area contributed by atoms with E-state index in [2.05, 4.69) is 10.6 Å². The van der Waals surface area contributed by atoms with Gasteiger partial charge in [0.15, 0.2) is 6.10 Å². The summed E-state index contributed by atoms with van der Waals surface area (Å²) in [6.07, 6.45) is 1.60. The van der Waals surface area contributed by atoms with Crippen LogP contribution in [0.15, 0.2) is 18.2 Å². The Kier molecular flexibility index (Phi) is 4.61. The highest BCUT2D eigenvalue weighted by Crippen LogP contribution is 2.27. The summed E-state index contributed by atoms with van der Waals surface area (Å²) < 4.78 is 5.61. The summed E-state index contributed by atoms with van der Waals surface area (Å²) in [6.45, 7) is 4.35. The van der Waals surface area contributed by atoms with Crippen LogP contribution in [0.2, 0.25) is 0 Å². The Hall–Kier alpha value is -2.04. The van der Waals surface area contributed by atoms with E-state index in [9.17, 15) is 9.59 Å². The van der Waals surface area contributed by atoms with Crippen LogP contribution in [0, 0.1) is 0 Å². The number of aryl methyl sites for hydroxylation is 1. The molecule has 2 N–H and O–H groups in total. The van der Waals surface area contributed by atoms with Gasteiger partial charge < -0.3 is 15.4 Å². The summed E-state index contributed by atoms with van der Waals surface area (Å²) in [7, 11) is 0. The molecule has 2 rings (SSSR count). The lowest BCUT2D eigenvalue weighted by Gasteiger charge is -2.19. The lowest BCUT2D eigenvalue weighted by Crippen LogP contribution is -2.36. The van der Waals surface area contributed by atoms with Crippen molar-refractivity contribution in [2.24, 2.45) is 0 Å². The van der Waals surface area contributed by atoms with Gasteiger partial charge in [-0.25, -0.2) is 0 Å². The molecule has 2 amide bonds. The van der Waals surface area contributed by atoms with Crippen LogP contribution in [0.5, 0.6) is 5.75 Å². The topological polar surface area (TPSA) is 67.4 Å². The summed E-state index contributed by atoms with van der Waals surface area (Å²) in [4.78, 5) is 23.1. The number of rotatable bonds is 5. The van der Waals surface area contributed by atoms with Gasteiger partial charge in [-0.1, -0.05) is 13.0 Å². The number of ether oxygens (including phenoxy) is 1. The fraction of sp³-hybridized carbons (Fsp3) is 0.467. The van der Waals surface area contributed by atoms with Gasteiger partial charge in [0.2, 0.25) is 5.91 Å². The molecule has 1 aromatic carbocycles. The van der Waals surface area contributed by atoms with E-state index in [-0.39, 0.29) is 11.8 Å². The van der Waals surface area contributed by atoms with E-state index >= 15 is 0 Å². The number of hydrogen-bond acceptors (Lipinski definition) is 3. The lowest BCUT2D eigenvalue weighted by molar-refractivity contribution is -0.127. The van der Waals surface area contributed by atoms with Gasteiger partial charge in [0.05, 0.1) is 0 Å². The van der Waals surface area contributed by atoms with Crippen LogP contribution in [0.4, 0.5) is 5.69 Å². The van der Waals surface area contributed by atoms with E-state index in [1.54, 1.807) is 13.0 Å². The van der Waals surface area contributed by atoms with Crippen LogP contribution in [-0.2, 0) is 16.0 Å². The fourth-order valence-electron chi connectivity index (χ4n) is 2.07. The molecule has 1 heterocycles. The fourth-order valence-corrected chi connectivity index (χ4v) is 2.07. The summed E-state index contributed by atoms with van der Waals surface area (Å²) >= 11 is 0. The van der Waals surface area contributed by atoms with Crippen molar-refractivity contribution in [3.63, 3.8) is 0 Å². The summed E-state index contributed by atoms with van der Waals surface area (Å²) in [5, 5.41) is 5.61. The average molecular weight is 276 g/mol. The molecule has 1 aromatic rings. The molecule has 0 radical (unpaired) electrons. The first-order chi connectivity index (χ1) is 9.60. The molecule has 0 saturated carbocycles. The van der Waals surface area contributed by atoms with Crippen molar-refractivity contribution in [1.29, 1.82) is 0 Å². The van der Waals surface area contributed by atoms with Crippen LogP contribution in [0.1, 0.15) is 32.3 Å². The maximum Gasteiger partial charge on any atom is 0.260 e. The second-order valence-electron chi connectivity index (χ2n) is 4.92. The van der Waals surface area contributed by atoms with Gasteiger partial charge in [-0.2, -0.15) is 0 Å². The Morgan fingerprint density at radius 2 is 2.25 bits per heavy atom. The first-order valence-corrected chi connectivity index (χ1v) is 6.97. The van der Waals surface area contributed by atoms with E-state index in [1.165, 1.54) is 0 Å². The molecule has 0 fully saturated rings. The van der Waals surface area contributed by atoms with Crippen molar-refractivity contribution in [3.05, 3.63) is 23.8 Å². The van der Waals surface area contributed by atoms with Crippen LogP contribution in [0.3, 0.4) is 0 Å². The van der Waals surface area contributed by atoms with Gasteiger partial charge >= 0.3 is 0 Å². The standard InChI is InChI=1S/C15H20N2O3/c1-3-8-16-15(19)10(2)20-12-6-4-11-5-7-14(18)17-13(11)9-12/h4,6,9-10H,3,5,7-8H2,1-2H3,(H,16,19)(H,17,18). The van der Waals surface area contributed by atoms with Crippen LogP contribution < -0.4 is 15.4 Å². The number of fused-ring (bicyclic) bond motifs is 1. The summed E-state index contributed by atoms with van der Waals surface area (Å²) in [5.74, 6) is 0.474. The third-order valence-corrected chi connectivity index (χ3v) is 3.21. The van der Waals surface area contributed by atoms with Crippen molar-refractivity contribution in [2.45, 2.75) is 39.2 Å². The van der Waals surface area contributed by atoms with Crippen molar-refractivity contribution in [1.82, 2.24) is 5.32 Å². The zero-order valence-electron chi connectivity index (χ0n) is 11.9. The smallest absolute Gasteiger partial charge is 0.260 e. The molecule has 1 unspecified atom stereocenters. The zero-order chi connectivity index (χ0) is 14.5. The van der Waals surface area contributed by atoms with Crippen LogP contribution in [-0.4, -0.2) is 24.5 Å². The Labute approximate surface area is 118 Å². The highest BCUT2D eigenvalue weighted by Gasteiger charge is 2.17. The van der Waals surface area contributed by atoms with Crippen LogP contribution >= 0.6 is 0 Å². The largest absolute Gasteiger partial charge is 0.481 e. The maximum atomic E-state index is 11.7. The number of carbonyl (C=O) groups is 2. The highest BCUT2D eigenvalue weighted by molar-refractivity contribution is 5.94. The third-order valence-electron chi connectivity index (χ3n) is 3.21. The molecule has 0 spiro atoms. The molecule has 108 valence electrons. The van der Waals surface area contributed by atoms with Gasteiger partial charge in [-0.3, -0.25) is 9.59 Å². The van der Waals surface area contributed by atoms with Crippen LogP contribution in [0.25, 0.3) is 0 Å². The van der Waals surface area contributed by atoms with Gasteiger partial charge in [0.1, 0.15) is 5.75 Å². The normalized spacial score (nSPS) is 15.0. The molecule has 0 aromatic heterocycles. The number of anilines is 1. The Balaban J connectivity index is 2.01. The monoisotopic (exact) mass is 276 g/mol. The van der Waals surface area contributed by atoms with E-state index in [0.717, 1.165) is 24.1 Å². The molecular formula is C15H20N2O3. The van der Waals surface area contributed by atoms with E-state index < -0.39 is 6.10 Å². The minimum atomic E-state index is -0.557. The van der Waals surface area contributed by atoms with Crippen molar-refractivity contribution in [3.8, 4) is 5.75 Å². The number of hydrogen-bond donors (Lipinski definition) is 2. The summed E-state index contributed by atoms with van der Waals surface area (Å²) in [6, 6.07) is 5.54. The van der Waals surface area contributed by atoms with E-state index in [0.29, 0.717) is 18.7 Å². The molecule has 1 aliphatic heterocycles. The molecule has 5 nitrogen and oxygen atoms in total. The SMILES string of the molecule is CCCNC(=O)C(C)Oc1ccc2c(c1)NC(=O)CC2. The molecule has 20 heavy (non-hydrogen) atoms.